The van der Waals surface area contributed by atoms with Crippen LogP contribution in [0.1, 0.15) is 6.92 Å². The monoisotopic (exact) mass is 300 g/mol. The molecule has 2 nitrogen and oxygen atoms in total. The SMILES string of the molecule is CN/C=C(\C)[B]O.[Hg]. The number of nitrogens with one attached hydrogen (secondary N) is 1. The van der Waals surface area contributed by atoms with E-state index >= 15 is 0 Å². The fourth-order valence-electron chi connectivity index (χ4n) is 0.265. The summed E-state index contributed by atoms with van der Waals surface area (Å²) in [6, 6.07) is 0. The quantitative estimate of drug-likeness (QED) is 0.685. The third kappa shape index (κ3) is 6.50. The van der Waals surface area contributed by atoms with Crippen molar-refractivity contribution in [2.75, 3.05) is 7.05 Å². The average molecular weight is 299 g/mol. The van der Waals surface area contributed by atoms with Crippen LogP contribution in [0.5, 0.6) is 0 Å². The summed E-state index contributed by atoms with van der Waals surface area (Å²) in [5.74, 6) is 0. The number of hydrogen-bond acceptors (Lipinski definition) is 2. The Balaban J connectivity index is 0. The molecule has 0 heterocycles. The zero-order chi connectivity index (χ0) is 5.70. The predicted octanol–water partition coefficient (Wildman–Crippen LogP) is -0.324. The largest absolute Gasteiger partial charge is 0.450 e. The first-order chi connectivity index (χ1) is 3.31. The summed E-state index contributed by atoms with van der Waals surface area (Å²) < 4.78 is 0. The van der Waals surface area contributed by atoms with E-state index in [9.17, 15) is 0 Å². The van der Waals surface area contributed by atoms with Gasteiger partial charge in [-0.15, -0.1) is 0 Å². The van der Waals surface area contributed by atoms with Crippen LogP contribution < -0.4 is 5.32 Å². The molecule has 0 fully saturated rings. The molecule has 0 aliphatic carbocycles. The van der Waals surface area contributed by atoms with E-state index < -0.39 is 0 Å². The molecule has 0 aromatic carbocycles. The molecule has 2 N–H and O–H groups in total. The van der Waals surface area contributed by atoms with Crippen LogP contribution in [0.25, 0.3) is 0 Å². The van der Waals surface area contributed by atoms with Crippen molar-refractivity contribution in [2.45, 2.75) is 6.92 Å². The molecule has 0 unspecified atom stereocenters. The van der Waals surface area contributed by atoms with E-state index in [-0.39, 0.29) is 27.7 Å². The molecular weight excluding hydrogens is 289 g/mol. The molecule has 0 aromatic heterocycles. The van der Waals surface area contributed by atoms with Crippen LogP contribution in [0.2, 0.25) is 0 Å². The first kappa shape index (κ1) is 11.3. The molecule has 0 aliphatic heterocycles. The fourth-order valence-corrected chi connectivity index (χ4v) is 0.265. The van der Waals surface area contributed by atoms with Crippen molar-refractivity contribution in [3.63, 3.8) is 0 Å². The predicted molar refractivity (Wildman–Crippen MR) is 30.8 cm³/mol. The van der Waals surface area contributed by atoms with Crippen molar-refractivity contribution in [2.24, 2.45) is 0 Å². The molecule has 0 aliphatic rings. The van der Waals surface area contributed by atoms with Gasteiger partial charge in [0, 0.05) is 34.7 Å². The summed E-state index contributed by atoms with van der Waals surface area (Å²) in [5, 5.41) is 11.0. The van der Waals surface area contributed by atoms with Crippen molar-refractivity contribution >= 4 is 7.48 Å². The number of hydrogen-bond donors (Lipinski definition) is 2. The topological polar surface area (TPSA) is 32.3 Å². The van der Waals surface area contributed by atoms with Gasteiger partial charge in [0.05, 0.1) is 0 Å². The third-order valence-electron chi connectivity index (χ3n) is 0.576. The molecule has 0 rings (SSSR count). The Morgan fingerprint density at radius 1 is 1.75 bits per heavy atom. The Kier molecular flexibility index (Phi) is 10.6. The van der Waals surface area contributed by atoms with Crippen molar-refractivity contribution in [1.82, 2.24) is 5.32 Å². The van der Waals surface area contributed by atoms with E-state index in [1.54, 1.807) is 20.2 Å². The molecule has 0 aromatic rings. The van der Waals surface area contributed by atoms with Gasteiger partial charge in [-0.2, -0.15) is 0 Å². The van der Waals surface area contributed by atoms with Crippen LogP contribution in [-0.4, -0.2) is 19.6 Å². The zero-order valence-corrected chi connectivity index (χ0v) is 10.8. The molecule has 0 atom stereocenters. The summed E-state index contributed by atoms with van der Waals surface area (Å²) in [4.78, 5) is 0. The van der Waals surface area contributed by atoms with Crippen molar-refractivity contribution < 1.29 is 32.7 Å². The Morgan fingerprint density at radius 3 is 2.38 bits per heavy atom. The van der Waals surface area contributed by atoms with E-state index in [1.807, 2.05) is 0 Å². The molecule has 0 bridgehead atoms. The van der Waals surface area contributed by atoms with Gasteiger partial charge in [-0.05, 0) is 13.1 Å². The van der Waals surface area contributed by atoms with Crippen LogP contribution in [0.15, 0.2) is 11.7 Å². The molecule has 0 amide bonds. The molecule has 0 saturated heterocycles. The first-order valence-corrected chi connectivity index (χ1v) is 2.12. The second-order valence-electron chi connectivity index (χ2n) is 1.31. The van der Waals surface area contributed by atoms with Crippen LogP contribution in [0.3, 0.4) is 0 Å². The zero-order valence-electron chi connectivity index (χ0n) is 5.31. The maximum atomic E-state index is 8.23. The maximum Gasteiger partial charge on any atom is 0.323 e. The maximum absolute atomic E-state index is 8.23. The van der Waals surface area contributed by atoms with Gasteiger partial charge < -0.3 is 10.3 Å². The summed E-state index contributed by atoms with van der Waals surface area (Å²) >= 11 is 0. The minimum absolute atomic E-state index is 0. The van der Waals surface area contributed by atoms with E-state index in [2.05, 4.69) is 5.32 Å². The Morgan fingerprint density at radius 2 is 2.25 bits per heavy atom. The van der Waals surface area contributed by atoms with Gasteiger partial charge in [-0.25, -0.2) is 0 Å². The summed E-state index contributed by atoms with van der Waals surface area (Å²) in [6.45, 7) is 1.80. The first-order valence-electron chi connectivity index (χ1n) is 2.12. The van der Waals surface area contributed by atoms with Crippen molar-refractivity contribution in [3.05, 3.63) is 11.7 Å². The third-order valence-corrected chi connectivity index (χ3v) is 0.576. The Bertz CT molecular complexity index is 76.4. The molecule has 4 heteroatoms. The summed E-state index contributed by atoms with van der Waals surface area (Å²) in [6.07, 6.45) is 1.71. The standard InChI is InChI=1S/C4H9BNO.Hg/c1-4(5-7)3-6-2;/h3,6-7H,1-2H3;/b4-3+;. The van der Waals surface area contributed by atoms with Crippen molar-refractivity contribution in [1.29, 1.82) is 0 Å². The van der Waals surface area contributed by atoms with Gasteiger partial charge in [0.15, 0.2) is 0 Å². The molecule has 0 spiro atoms. The van der Waals surface area contributed by atoms with Crippen LogP contribution in [-0.2, 0) is 27.7 Å². The normalized spacial score (nSPS) is 9.62. The van der Waals surface area contributed by atoms with Gasteiger partial charge in [-0.1, -0.05) is 5.47 Å². The van der Waals surface area contributed by atoms with E-state index in [1.165, 1.54) is 0 Å². The average Bonchev–Trinajstić information content (AvgIpc) is 1.68. The molecule has 41 valence electrons. The number of rotatable bonds is 2. The minimum atomic E-state index is 0. The van der Waals surface area contributed by atoms with Gasteiger partial charge in [0.1, 0.15) is 0 Å². The summed E-state index contributed by atoms with van der Waals surface area (Å²) in [5.41, 5.74) is 0.822. The van der Waals surface area contributed by atoms with Crippen LogP contribution >= 0.6 is 0 Å². The van der Waals surface area contributed by atoms with Gasteiger partial charge in [-0.3, -0.25) is 0 Å². The van der Waals surface area contributed by atoms with E-state index in [0.717, 1.165) is 13.0 Å². The number of allylic oxidation sites excluding steroid dienone is 1. The Hall–Kier alpha value is 0.500. The van der Waals surface area contributed by atoms with Crippen LogP contribution in [0, 0.1) is 0 Å². The fraction of sp³-hybridized carbons (Fsp3) is 0.500. The molecular formula is C4H9BHgNO. The van der Waals surface area contributed by atoms with E-state index in [4.69, 9.17) is 5.02 Å². The second-order valence-corrected chi connectivity index (χ2v) is 1.31. The molecule has 0 saturated carbocycles. The van der Waals surface area contributed by atoms with E-state index in [0.29, 0.717) is 0 Å². The van der Waals surface area contributed by atoms with Gasteiger partial charge in [0.25, 0.3) is 0 Å². The van der Waals surface area contributed by atoms with Gasteiger partial charge in [0.2, 0.25) is 0 Å². The molecule has 1 radical (unpaired) electrons. The molecule has 8 heavy (non-hydrogen) atoms. The summed E-state index contributed by atoms with van der Waals surface area (Å²) in [7, 11) is 2.84. The van der Waals surface area contributed by atoms with Crippen molar-refractivity contribution in [3.8, 4) is 0 Å². The second kappa shape index (κ2) is 7.50. The Labute approximate surface area is 71.1 Å². The smallest absolute Gasteiger partial charge is 0.323 e. The van der Waals surface area contributed by atoms with Gasteiger partial charge >= 0.3 is 7.48 Å². The minimum Gasteiger partial charge on any atom is -0.450 e. The van der Waals surface area contributed by atoms with Crippen LogP contribution in [0.4, 0.5) is 0 Å².